The van der Waals surface area contributed by atoms with Gasteiger partial charge in [0.1, 0.15) is 5.82 Å². The quantitative estimate of drug-likeness (QED) is 0.455. The molecule has 3 rings (SSSR count). The highest BCUT2D eigenvalue weighted by Crippen LogP contribution is 2.24. The molecular formula is C23H21ClFNOS. The predicted molar refractivity (Wildman–Crippen MR) is 115 cm³/mol. The molecule has 0 N–H and O–H groups in total. The van der Waals surface area contributed by atoms with Gasteiger partial charge in [0.05, 0.1) is 5.75 Å². The molecule has 0 aliphatic carbocycles. The van der Waals surface area contributed by atoms with E-state index in [1.165, 1.54) is 17.8 Å². The normalized spacial score (nSPS) is 10.6. The van der Waals surface area contributed by atoms with Gasteiger partial charge in [-0.1, -0.05) is 78.3 Å². The smallest absolute Gasteiger partial charge is 0.233 e. The second kappa shape index (κ2) is 10.3. The first kappa shape index (κ1) is 20.4. The first-order chi connectivity index (χ1) is 13.6. The van der Waals surface area contributed by atoms with Gasteiger partial charge in [-0.25, -0.2) is 4.39 Å². The van der Waals surface area contributed by atoms with Gasteiger partial charge in [-0.3, -0.25) is 4.79 Å². The molecule has 0 unspecified atom stereocenters. The van der Waals surface area contributed by atoms with E-state index in [0.29, 0.717) is 29.4 Å². The van der Waals surface area contributed by atoms with Crippen LogP contribution in [-0.2, 0) is 23.6 Å². The van der Waals surface area contributed by atoms with E-state index < -0.39 is 0 Å². The lowest BCUT2D eigenvalue weighted by atomic mass is 10.1. The summed E-state index contributed by atoms with van der Waals surface area (Å²) in [6.45, 7) is 1.07. The lowest BCUT2D eigenvalue weighted by molar-refractivity contribution is -0.129. The summed E-state index contributed by atoms with van der Waals surface area (Å²) in [5.41, 5.74) is 2.60. The maximum Gasteiger partial charge on any atom is 0.233 e. The molecule has 0 fully saturated rings. The summed E-state index contributed by atoms with van der Waals surface area (Å²) in [5, 5.41) is 0.394. The average molecular weight is 414 g/mol. The molecule has 144 valence electrons. The largest absolute Gasteiger partial charge is 0.333 e. The van der Waals surface area contributed by atoms with Crippen LogP contribution in [0.5, 0.6) is 0 Å². The summed E-state index contributed by atoms with van der Waals surface area (Å²) in [5.74, 6) is 0.314. The maximum absolute atomic E-state index is 13.9. The van der Waals surface area contributed by atoms with Crippen molar-refractivity contribution in [3.05, 3.63) is 106 Å². The summed E-state index contributed by atoms with van der Waals surface area (Å²) in [6, 6.07) is 24.5. The number of halogens is 2. The number of rotatable bonds is 8. The van der Waals surface area contributed by atoms with Gasteiger partial charge in [-0.05, 0) is 23.3 Å². The summed E-state index contributed by atoms with van der Waals surface area (Å²) < 4.78 is 13.9. The molecular weight excluding hydrogens is 393 g/mol. The van der Waals surface area contributed by atoms with Crippen molar-refractivity contribution in [3.8, 4) is 0 Å². The minimum atomic E-state index is -0.335. The van der Waals surface area contributed by atoms with Crippen LogP contribution in [0.15, 0.2) is 78.9 Å². The summed E-state index contributed by atoms with van der Waals surface area (Å²) in [6.07, 6.45) is 0. The lowest BCUT2D eigenvalue weighted by Crippen LogP contribution is -2.31. The Hall–Kier alpha value is -2.30. The minimum Gasteiger partial charge on any atom is -0.333 e. The van der Waals surface area contributed by atoms with Crippen molar-refractivity contribution in [2.45, 2.75) is 18.8 Å². The molecule has 0 bridgehead atoms. The minimum absolute atomic E-state index is 0.0187. The van der Waals surface area contributed by atoms with Gasteiger partial charge in [0, 0.05) is 29.4 Å². The third-order valence-electron chi connectivity index (χ3n) is 4.32. The van der Waals surface area contributed by atoms with Crippen molar-refractivity contribution < 1.29 is 9.18 Å². The van der Waals surface area contributed by atoms with Crippen LogP contribution < -0.4 is 0 Å². The van der Waals surface area contributed by atoms with Crippen molar-refractivity contribution in [1.82, 2.24) is 4.90 Å². The van der Waals surface area contributed by atoms with E-state index in [-0.39, 0.29) is 17.5 Å². The van der Waals surface area contributed by atoms with E-state index in [1.54, 1.807) is 12.1 Å². The van der Waals surface area contributed by atoms with Crippen LogP contribution in [0.25, 0.3) is 0 Å². The van der Waals surface area contributed by atoms with Crippen molar-refractivity contribution in [2.75, 3.05) is 5.75 Å². The summed E-state index contributed by atoms with van der Waals surface area (Å²) >= 11 is 7.45. The molecule has 0 saturated carbocycles. The van der Waals surface area contributed by atoms with Crippen LogP contribution in [0.2, 0.25) is 5.02 Å². The Morgan fingerprint density at radius 3 is 1.96 bits per heavy atom. The van der Waals surface area contributed by atoms with Crippen LogP contribution in [-0.4, -0.2) is 16.6 Å². The van der Waals surface area contributed by atoms with E-state index in [1.807, 2.05) is 65.6 Å². The number of amides is 1. The Labute approximate surface area is 174 Å². The highest BCUT2D eigenvalue weighted by Gasteiger charge is 2.16. The molecule has 0 atom stereocenters. The van der Waals surface area contributed by atoms with E-state index in [2.05, 4.69) is 0 Å². The third-order valence-corrected chi connectivity index (χ3v) is 5.62. The second-order valence-corrected chi connectivity index (χ2v) is 7.81. The van der Waals surface area contributed by atoms with Gasteiger partial charge in [-0.2, -0.15) is 0 Å². The molecule has 0 radical (unpaired) electrons. The Morgan fingerprint density at radius 2 is 1.43 bits per heavy atom. The van der Waals surface area contributed by atoms with Crippen LogP contribution in [0.3, 0.4) is 0 Å². The number of thioether (sulfide) groups is 1. The van der Waals surface area contributed by atoms with Crippen molar-refractivity contribution in [2.24, 2.45) is 0 Å². The number of carbonyl (C=O) groups excluding carboxylic acids is 1. The zero-order valence-electron chi connectivity index (χ0n) is 15.4. The van der Waals surface area contributed by atoms with Gasteiger partial charge >= 0.3 is 0 Å². The fraction of sp³-hybridized carbons (Fsp3) is 0.174. The second-order valence-electron chi connectivity index (χ2n) is 6.41. The van der Waals surface area contributed by atoms with Gasteiger partial charge in [-0.15, -0.1) is 11.8 Å². The van der Waals surface area contributed by atoms with E-state index in [0.717, 1.165) is 11.1 Å². The topological polar surface area (TPSA) is 20.3 Å². The molecule has 0 aromatic heterocycles. The molecule has 0 heterocycles. The molecule has 28 heavy (non-hydrogen) atoms. The molecule has 1 amide bonds. The molecule has 0 spiro atoms. The fourth-order valence-corrected chi connectivity index (χ4v) is 4.11. The highest BCUT2D eigenvalue weighted by molar-refractivity contribution is 7.99. The zero-order chi connectivity index (χ0) is 19.8. The molecule has 0 aliphatic heterocycles. The molecule has 3 aromatic carbocycles. The number of nitrogens with zero attached hydrogens (tertiary/aromatic N) is 1. The van der Waals surface area contributed by atoms with E-state index in [4.69, 9.17) is 11.6 Å². The lowest BCUT2D eigenvalue weighted by Gasteiger charge is -2.23. The zero-order valence-corrected chi connectivity index (χ0v) is 16.9. The standard InChI is InChI=1S/C23H21ClFNOS/c24-21-12-7-13-22(25)20(21)16-28-17-23(27)26(14-18-8-3-1-4-9-18)15-19-10-5-2-6-11-19/h1-13H,14-17H2. The predicted octanol–water partition coefficient (Wildman–Crippen LogP) is 5.94. The number of benzene rings is 3. The van der Waals surface area contributed by atoms with Crippen LogP contribution in [0.4, 0.5) is 4.39 Å². The molecule has 5 heteroatoms. The van der Waals surface area contributed by atoms with Crippen molar-refractivity contribution >= 4 is 29.3 Å². The maximum atomic E-state index is 13.9. The number of hydrogen-bond donors (Lipinski definition) is 0. The third kappa shape index (κ3) is 5.85. The first-order valence-electron chi connectivity index (χ1n) is 9.00. The molecule has 3 aromatic rings. The molecule has 0 saturated heterocycles. The fourth-order valence-electron chi connectivity index (χ4n) is 2.84. The Bertz CT molecular complexity index is 843. The highest BCUT2D eigenvalue weighted by atomic mass is 35.5. The Morgan fingerprint density at radius 1 is 0.857 bits per heavy atom. The molecule has 2 nitrogen and oxygen atoms in total. The van der Waals surface area contributed by atoms with Crippen LogP contribution in [0.1, 0.15) is 16.7 Å². The van der Waals surface area contributed by atoms with Crippen LogP contribution >= 0.6 is 23.4 Å². The van der Waals surface area contributed by atoms with E-state index in [9.17, 15) is 9.18 Å². The summed E-state index contributed by atoms with van der Waals surface area (Å²) in [4.78, 5) is 14.7. The van der Waals surface area contributed by atoms with Crippen molar-refractivity contribution in [3.63, 3.8) is 0 Å². The van der Waals surface area contributed by atoms with Gasteiger partial charge in [0.15, 0.2) is 0 Å². The average Bonchev–Trinajstić information content (AvgIpc) is 2.71. The van der Waals surface area contributed by atoms with Gasteiger partial charge in [0.2, 0.25) is 5.91 Å². The van der Waals surface area contributed by atoms with Gasteiger partial charge in [0.25, 0.3) is 0 Å². The number of hydrogen-bond acceptors (Lipinski definition) is 2. The van der Waals surface area contributed by atoms with Crippen LogP contribution in [0, 0.1) is 5.82 Å². The van der Waals surface area contributed by atoms with Gasteiger partial charge < -0.3 is 4.90 Å². The first-order valence-corrected chi connectivity index (χ1v) is 10.5. The monoisotopic (exact) mass is 413 g/mol. The SMILES string of the molecule is O=C(CSCc1c(F)cccc1Cl)N(Cc1ccccc1)Cc1ccccc1. The summed E-state index contributed by atoms with van der Waals surface area (Å²) in [7, 11) is 0. The molecule has 0 aliphatic rings. The Balaban J connectivity index is 1.65. The number of carbonyl (C=O) groups is 1. The van der Waals surface area contributed by atoms with Crippen molar-refractivity contribution in [1.29, 1.82) is 0 Å². The Kier molecular flexibility index (Phi) is 7.52. The van der Waals surface area contributed by atoms with E-state index >= 15 is 0 Å².